The first kappa shape index (κ1) is 13.3. The largest absolute Gasteiger partial charge is 0.496 e. The molecule has 4 heteroatoms. The molecule has 0 saturated heterocycles. The zero-order valence-electron chi connectivity index (χ0n) is 10.4. The van der Waals surface area contributed by atoms with E-state index >= 15 is 0 Å². The van der Waals surface area contributed by atoms with Gasteiger partial charge in [0.25, 0.3) is 0 Å². The molecule has 0 aromatic carbocycles. The normalized spacial score (nSPS) is 12.6. The van der Waals surface area contributed by atoms with Gasteiger partial charge in [0, 0.05) is 34.9 Å². The van der Waals surface area contributed by atoms with Crippen LogP contribution in [0.2, 0.25) is 0 Å². The Kier molecular flexibility index (Phi) is 5.09. The van der Waals surface area contributed by atoms with Gasteiger partial charge in [-0.05, 0) is 13.8 Å². The Balaban J connectivity index is 2.81. The Bertz CT molecular complexity index is 355. The molecule has 0 aliphatic carbocycles. The molecule has 1 rings (SSSR count). The Hall–Kier alpha value is -0.740. The lowest BCUT2D eigenvalue weighted by Gasteiger charge is -2.13. The van der Waals surface area contributed by atoms with Crippen molar-refractivity contribution in [3.63, 3.8) is 0 Å². The van der Waals surface area contributed by atoms with Crippen molar-refractivity contribution in [2.24, 2.45) is 5.73 Å². The lowest BCUT2D eigenvalue weighted by molar-refractivity contribution is 0.407. The number of thioether (sulfide) groups is 1. The van der Waals surface area contributed by atoms with E-state index in [9.17, 15) is 0 Å². The van der Waals surface area contributed by atoms with E-state index in [0.29, 0.717) is 11.8 Å². The second kappa shape index (κ2) is 6.11. The summed E-state index contributed by atoms with van der Waals surface area (Å²) in [6.45, 7) is 6.90. The number of aromatic nitrogens is 1. The van der Waals surface area contributed by atoms with E-state index in [1.165, 1.54) is 0 Å². The first-order chi connectivity index (χ1) is 7.60. The highest BCUT2D eigenvalue weighted by molar-refractivity contribution is 7.99. The monoisotopic (exact) mass is 240 g/mol. The number of methoxy groups -OCH3 is 1. The molecular formula is C12H20N2OS. The zero-order valence-corrected chi connectivity index (χ0v) is 11.2. The van der Waals surface area contributed by atoms with Crippen molar-refractivity contribution in [1.82, 2.24) is 4.98 Å². The second-order valence-corrected chi connectivity index (χ2v) is 5.33. The van der Waals surface area contributed by atoms with Crippen molar-refractivity contribution < 1.29 is 4.74 Å². The van der Waals surface area contributed by atoms with Gasteiger partial charge in [0.15, 0.2) is 0 Å². The molecule has 0 spiro atoms. The predicted octanol–water partition coefficient (Wildman–Crippen LogP) is 2.29. The lowest BCUT2D eigenvalue weighted by atomic mass is 10.1. The van der Waals surface area contributed by atoms with Gasteiger partial charge >= 0.3 is 0 Å². The summed E-state index contributed by atoms with van der Waals surface area (Å²) in [6.07, 6.45) is 1.87. The SMILES string of the molecule is COc1c(C)cnc(CSC(C)CN)c1C. The summed E-state index contributed by atoms with van der Waals surface area (Å²) in [7, 11) is 1.70. The average Bonchev–Trinajstić information content (AvgIpc) is 2.28. The van der Waals surface area contributed by atoms with E-state index in [2.05, 4.69) is 18.8 Å². The molecule has 2 N–H and O–H groups in total. The van der Waals surface area contributed by atoms with Crippen LogP contribution in [0.4, 0.5) is 0 Å². The van der Waals surface area contributed by atoms with Crippen LogP contribution in [0, 0.1) is 13.8 Å². The van der Waals surface area contributed by atoms with E-state index in [-0.39, 0.29) is 0 Å². The van der Waals surface area contributed by atoms with Gasteiger partial charge in [-0.1, -0.05) is 6.92 Å². The Morgan fingerprint density at radius 3 is 2.75 bits per heavy atom. The summed E-state index contributed by atoms with van der Waals surface area (Å²) in [4.78, 5) is 4.45. The van der Waals surface area contributed by atoms with Crippen molar-refractivity contribution in [3.8, 4) is 5.75 Å². The Morgan fingerprint density at radius 1 is 1.50 bits per heavy atom. The van der Waals surface area contributed by atoms with Crippen LogP contribution in [0.3, 0.4) is 0 Å². The van der Waals surface area contributed by atoms with Crippen molar-refractivity contribution in [3.05, 3.63) is 23.0 Å². The molecule has 0 amide bonds. The average molecular weight is 240 g/mol. The summed E-state index contributed by atoms with van der Waals surface area (Å²) < 4.78 is 5.38. The Morgan fingerprint density at radius 2 is 2.19 bits per heavy atom. The molecule has 1 atom stereocenters. The summed E-state index contributed by atoms with van der Waals surface area (Å²) in [5.74, 6) is 1.84. The highest BCUT2D eigenvalue weighted by Crippen LogP contribution is 2.27. The molecule has 0 bridgehead atoms. The van der Waals surface area contributed by atoms with Crippen LogP contribution in [-0.4, -0.2) is 23.9 Å². The summed E-state index contributed by atoms with van der Waals surface area (Å²) in [5, 5.41) is 0.466. The maximum Gasteiger partial charge on any atom is 0.128 e. The standard InChI is InChI=1S/C12H20N2OS/c1-8-6-14-11(7-16-9(2)5-13)10(3)12(8)15-4/h6,9H,5,7,13H2,1-4H3. The number of hydrogen-bond donors (Lipinski definition) is 1. The first-order valence-corrected chi connectivity index (χ1v) is 6.45. The van der Waals surface area contributed by atoms with Gasteiger partial charge in [-0.25, -0.2) is 0 Å². The minimum Gasteiger partial charge on any atom is -0.496 e. The van der Waals surface area contributed by atoms with Gasteiger partial charge in [-0.15, -0.1) is 0 Å². The number of pyridine rings is 1. The van der Waals surface area contributed by atoms with E-state index < -0.39 is 0 Å². The van der Waals surface area contributed by atoms with Crippen LogP contribution < -0.4 is 10.5 Å². The molecule has 1 unspecified atom stereocenters. The maximum absolute atomic E-state index is 5.59. The Labute approximate surface area is 102 Å². The van der Waals surface area contributed by atoms with E-state index in [1.807, 2.05) is 24.9 Å². The molecule has 16 heavy (non-hydrogen) atoms. The third-order valence-electron chi connectivity index (χ3n) is 2.59. The number of nitrogens with two attached hydrogens (primary N) is 1. The van der Waals surface area contributed by atoms with Gasteiger partial charge in [-0.3, -0.25) is 4.98 Å². The minimum atomic E-state index is 0.466. The number of nitrogens with zero attached hydrogens (tertiary/aromatic N) is 1. The molecule has 0 fully saturated rings. The number of ether oxygens (including phenoxy) is 1. The van der Waals surface area contributed by atoms with Gasteiger partial charge in [0.2, 0.25) is 0 Å². The fraction of sp³-hybridized carbons (Fsp3) is 0.583. The van der Waals surface area contributed by atoms with Gasteiger partial charge in [0.1, 0.15) is 5.75 Å². The van der Waals surface area contributed by atoms with Crippen LogP contribution in [0.25, 0.3) is 0 Å². The molecule has 0 aliphatic heterocycles. The fourth-order valence-corrected chi connectivity index (χ4v) is 2.38. The number of hydrogen-bond acceptors (Lipinski definition) is 4. The molecular weight excluding hydrogens is 220 g/mol. The van der Waals surface area contributed by atoms with E-state index in [4.69, 9.17) is 10.5 Å². The smallest absolute Gasteiger partial charge is 0.128 e. The lowest BCUT2D eigenvalue weighted by Crippen LogP contribution is -2.13. The van der Waals surface area contributed by atoms with Crippen LogP contribution in [0.5, 0.6) is 5.75 Å². The highest BCUT2D eigenvalue weighted by atomic mass is 32.2. The molecule has 0 radical (unpaired) electrons. The first-order valence-electron chi connectivity index (χ1n) is 5.40. The molecule has 1 aromatic rings. The van der Waals surface area contributed by atoms with Crippen molar-refractivity contribution in [1.29, 1.82) is 0 Å². The molecule has 0 saturated carbocycles. The summed E-state index contributed by atoms with van der Waals surface area (Å²) in [6, 6.07) is 0. The molecule has 1 aromatic heterocycles. The molecule has 1 heterocycles. The fourth-order valence-electron chi connectivity index (χ4n) is 1.51. The minimum absolute atomic E-state index is 0.466. The molecule has 3 nitrogen and oxygen atoms in total. The molecule has 90 valence electrons. The number of rotatable bonds is 5. The van der Waals surface area contributed by atoms with Crippen LogP contribution >= 0.6 is 11.8 Å². The third kappa shape index (κ3) is 3.12. The maximum atomic E-state index is 5.59. The van der Waals surface area contributed by atoms with E-state index in [0.717, 1.165) is 28.3 Å². The van der Waals surface area contributed by atoms with Crippen LogP contribution in [-0.2, 0) is 5.75 Å². The van der Waals surface area contributed by atoms with Gasteiger partial charge in [-0.2, -0.15) is 11.8 Å². The predicted molar refractivity (Wildman–Crippen MR) is 70.1 cm³/mol. The van der Waals surface area contributed by atoms with E-state index in [1.54, 1.807) is 7.11 Å². The highest BCUT2D eigenvalue weighted by Gasteiger charge is 2.10. The third-order valence-corrected chi connectivity index (χ3v) is 3.79. The van der Waals surface area contributed by atoms with Gasteiger partial charge < -0.3 is 10.5 Å². The number of aryl methyl sites for hydroxylation is 1. The van der Waals surface area contributed by atoms with Gasteiger partial charge in [0.05, 0.1) is 12.8 Å². The van der Waals surface area contributed by atoms with Crippen LogP contribution in [0.15, 0.2) is 6.20 Å². The second-order valence-electron chi connectivity index (χ2n) is 3.90. The van der Waals surface area contributed by atoms with Crippen molar-refractivity contribution in [2.75, 3.05) is 13.7 Å². The zero-order chi connectivity index (χ0) is 12.1. The molecule has 0 aliphatic rings. The van der Waals surface area contributed by atoms with Crippen molar-refractivity contribution in [2.45, 2.75) is 31.8 Å². The van der Waals surface area contributed by atoms with Crippen LogP contribution in [0.1, 0.15) is 23.7 Å². The van der Waals surface area contributed by atoms with Crippen molar-refractivity contribution >= 4 is 11.8 Å². The summed E-state index contributed by atoms with van der Waals surface area (Å²) in [5.41, 5.74) is 8.90. The topological polar surface area (TPSA) is 48.1 Å². The quantitative estimate of drug-likeness (QED) is 0.858. The summed E-state index contributed by atoms with van der Waals surface area (Å²) >= 11 is 1.83.